The zero-order valence-corrected chi connectivity index (χ0v) is 19.5. The number of nitrogens with zero attached hydrogens (tertiary/aromatic N) is 1. The van der Waals surface area contributed by atoms with Gasteiger partial charge in [0.2, 0.25) is 0 Å². The molecule has 180 valence electrons. The van der Waals surface area contributed by atoms with Crippen LogP contribution in [0.15, 0.2) is 0 Å². The lowest BCUT2D eigenvalue weighted by atomic mass is 9.97. The highest BCUT2D eigenvalue weighted by Crippen LogP contribution is 2.28. The largest absolute Gasteiger partial charge is 0.463 e. The quantitative estimate of drug-likeness (QED) is 0.325. The highest BCUT2D eigenvalue weighted by atomic mass is 32.1. The van der Waals surface area contributed by atoms with Crippen molar-refractivity contribution in [3.8, 4) is 0 Å². The number of nitrogens with one attached hydrogen (secondary N) is 1. The van der Waals surface area contributed by atoms with E-state index in [-0.39, 0.29) is 6.61 Å². The summed E-state index contributed by atoms with van der Waals surface area (Å²) in [7, 11) is 0. The van der Waals surface area contributed by atoms with Gasteiger partial charge in [0.05, 0.1) is 0 Å². The molecule has 2 aliphatic rings. The van der Waals surface area contributed by atoms with Crippen LogP contribution in [-0.2, 0) is 42.9 Å². The third kappa shape index (κ3) is 7.59. The van der Waals surface area contributed by atoms with Crippen molar-refractivity contribution in [1.29, 1.82) is 0 Å². The van der Waals surface area contributed by atoms with E-state index in [2.05, 4.69) is 5.32 Å². The Morgan fingerprint density at radius 2 is 1.38 bits per heavy atom. The Bertz CT molecular complexity index is 726. The normalized spacial score (nSPS) is 27.6. The lowest BCUT2D eigenvalue weighted by Gasteiger charge is -2.45. The number of carbonyl (C=O) groups is 4. The van der Waals surface area contributed by atoms with Crippen molar-refractivity contribution in [3.05, 3.63) is 0 Å². The topological polar surface area (TPSA) is 130 Å². The van der Waals surface area contributed by atoms with Gasteiger partial charge in [0.15, 0.2) is 29.7 Å². The van der Waals surface area contributed by atoms with Crippen LogP contribution in [0.2, 0.25) is 0 Å². The fraction of sp³-hybridized carbons (Fsp3) is 0.750. The Kier molecular flexibility index (Phi) is 9.63. The molecule has 2 rings (SSSR count). The van der Waals surface area contributed by atoms with Gasteiger partial charge < -0.3 is 33.9 Å². The predicted molar refractivity (Wildman–Crippen MR) is 113 cm³/mol. The minimum Gasteiger partial charge on any atom is -0.463 e. The predicted octanol–water partition coefficient (Wildman–Crippen LogP) is 0.430. The first-order valence-electron chi connectivity index (χ1n) is 10.4. The van der Waals surface area contributed by atoms with Crippen LogP contribution in [0.5, 0.6) is 0 Å². The van der Waals surface area contributed by atoms with Gasteiger partial charge in [-0.05, 0) is 31.5 Å². The number of hydrogen-bond donors (Lipinski definition) is 1. The summed E-state index contributed by atoms with van der Waals surface area (Å²) < 4.78 is 27.2. The van der Waals surface area contributed by atoms with Gasteiger partial charge in [-0.2, -0.15) is 0 Å². The summed E-state index contributed by atoms with van der Waals surface area (Å²) in [6.07, 6.45) is -2.58. The molecule has 5 atom stereocenters. The molecule has 0 saturated carbocycles. The summed E-state index contributed by atoms with van der Waals surface area (Å²) in [5, 5.41) is 3.40. The zero-order chi connectivity index (χ0) is 23.8. The van der Waals surface area contributed by atoms with E-state index in [0.29, 0.717) is 5.11 Å². The van der Waals surface area contributed by atoms with E-state index in [1.54, 1.807) is 0 Å². The molecule has 2 fully saturated rings. The first-order chi connectivity index (χ1) is 15.1. The Balaban J connectivity index is 2.35. The van der Waals surface area contributed by atoms with E-state index in [4.69, 9.17) is 35.9 Å². The van der Waals surface area contributed by atoms with E-state index in [1.807, 2.05) is 4.90 Å². The second kappa shape index (κ2) is 12.0. The number of hydrogen-bond acceptors (Lipinski definition) is 10. The smallest absolute Gasteiger partial charge is 0.303 e. The van der Waals surface area contributed by atoms with Crippen LogP contribution in [0.4, 0.5) is 0 Å². The van der Waals surface area contributed by atoms with Crippen molar-refractivity contribution in [2.24, 2.45) is 0 Å². The summed E-state index contributed by atoms with van der Waals surface area (Å²) in [4.78, 5) is 48.8. The average molecular weight is 475 g/mol. The van der Waals surface area contributed by atoms with Crippen molar-refractivity contribution in [2.75, 3.05) is 19.7 Å². The van der Waals surface area contributed by atoms with Gasteiger partial charge in [-0.25, -0.2) is 0 Å². The van der Waals surface area contributed by atoms with Crippen molar-refractivity contribution >= 4 is 41.2 Å². The maximum atomic E-state index is 11.8. The summed E-state index contributed by atoms with van der Waals surface area (Å²) in [6, 6.07) is 0. The zero-order valence-electron chi connectivity index (χ0n) is 18.7. The van der Waals surface area contributed by atoms with Crippen molar-refractivity contribution < 1.29 is 42.9 Å². The number of thiocarbonyl (C=S) groups is 1. The molecule has 1 N–H and O–H groups in total. The van der Waals surface area contributed by atoms with Gasteiger partial charge in [0.25, 0.3) is 0 Å². The molecule has 0 bridgehead atoms. The van der Waals surface area contributed by atoms with Gasteiger partial charge >= 0.3 is 23.9 Å². The van der Waals surface area contributed by atoms with Crippen molar-refractivity contribution in [1.82, 2.24) is 10.2 Å². The van der Waals surface area contributed by atoms with E-state index in [1.165, 1.54) is 27.7 Å². The first kappa shape index (κ1) is 25.8. The lowest BCUT2D eigenvalue weighted by Crippen LogP contribution is -2.67. The van der Waals surface area contributed by atoms with E-state index < -0.39 is 54.5 Å². The molecule has 0 aromatic rings. The molecule has 0 spiro atoms. The fourth-order valence-electron chi connectivity index (χ4n) is 3.65. The van der Waals surface area contributed by atoms with Gasteiger partial charge in [-0.3, -0.25) is 19.2 Å². The molecule has 0 radical (unpaired) electrons. The SMILES string of the molecule is CC(=O)OC[C@H]1O[C@@H](NC(=S)N2CCCCC2)[C@H](OC(C)=O)[C@@H](OC(C)=O)[C@@H]1OC(C)=O. The molecular formula is C20H30N2O9S. The third-order valence-corrected chi connectivity index (χ3v) is 5.28. The Hall–Kier alpha value is -2.47. The number of carbonyl (C=O) groups excluding carboxylic acids is 4. The minimum atomic E-state index is -1.23. The van der Waals surface area contributed by atoms with Gasteiger partial charge in [-0.1, -0.05) is 0 Å². The highest BCUT2D eigenvalue weighted by molar-refractivity contribution is 7.80. The Morgan fingerprint density at radius 3 is 1.91 bits per heavy atom. The van der Waals surface area contributed by atoms with E-state index in [0.717, 1.165) is 32.4 Å². The molecular weight excluding hydrogens is 444 g/mol. The summed E-state index contributed by atoms with van der Waals surface area (Å²) in [5.74, 6) is -2.60. The maximum Gasteiger partial charge on any atom is 0.303 e. The minimum absolute atomic E-state index is 0.285. The summed E-state index contributed by atoms with van der Waals surface area (Å²) >= 11 is 5.51. The van der Waals surface area contributed by atoms with E-state index >= 15 is 0 Å². The molecule has 32 heavy (non-hydrogen) atoms. The molecule has 2 saturated heterocycles. The molecule has 12 heteroatoms. The van der Waals surface area contributed by atoms with Crippen LogP contribution in [0.3, 0.4) is 0 Å². The van der Waals surface area contributed by atoms with Gasteiger partial charge in [0, 0.05) is 40.8 Å². The van der Waals surface area contributed by atoms with Crippen LogP contribution in [0, 0.1) is 0 Å². The second-order valence-corrected chi connectivity index (χ2v) is 8.00. The Labute approximate surface area is 192 Å². The van der Waals surface area contributed by atoms with Gasteiger partial charge in [0.1, 0.15) is 12.7 Å². The maximum absolute atomic E-state index is 11.8. The molecule has 0 aliphatic carbocycles. The van der Waals surface area contributed by atoms with Crippen LogP contribution in [0.25, 0.3) is 0 Å². The highest BCUT2D eigenvalue weighted by Gasteiger charge is 2.52. The van der Waals surface area contributed by atoms with E-state index in [9.17, 15) is 19.2 Å². The summed E-state index contributed by atoms with van der Waals surface area (Å²) in [6.45, 7) is 5.99. The van der Waals surface area contributed by atoms with Crippen LogP contribution in [-0.4, -0.2) is 84.2 Å². The molecule has 11 nitrogen and oxygen atoms in total. The molecule has 0 aromatic heterocycles. The number of likely N-dealkylation sites (tertiary alicyclic amines) is 1. The number of rotatable bonds is 6. The number of ether oxygens (including phenoxy) is 5. The molecule has 0 aromatic carbocycles. The van der Waals surface area contributed by atoms with Gasteiger partial charge in [-0.15, -0.1) is 0 Å². The second-order valence-electron chi connectivity index (χ2n) is 7.62. The monoisotopic (exact) mass is 474 g/mol. The molecule has 2 heterocycles. The van der Waals surface area contributed by atoms with Crippen LogP contribution in [0.1, 0.15) is 47.0 Å². The third-order valence-electron chi connectivity index (χ3n) is 4.90. The van der Waals surface area contributed by atoms with Crippen LogP contribution < -0.4 is 5.32 Å². The summed E-state index contributed by atoms with van der Waals surface area (Å²) in [5.41, 5.74) is 0. The molecule has 0 unspecified atom stereocenters. The molecule has 0 amide bonds. The lowest BCUT2D eigenvalue weighted by molar-refractivity contribution is -0.255. The Morgan fingerprint density at radius 1 is 0.844 bits per heavy atom. The number of piperidine rings is 1. The number of esters is 4. The van der Waals surface area contributed by atoms with Crippen LogP contribution >= 0.6 is 12.2 Å². The fourth-order valence-corrected chi connectivity index (χ4v) is 3.95. The van der Waals surface area contributed by atoms with Crippen molar-refractivity contribution in [2.45, 2.75) is 77.6 Å². The molecule has 2 aliphatic heterocycles. The van der Waals surface area contributed by atoms with Crippen molar-refractivity contribution in [3.63, 3.8) is 0 Å². The first-order valence-corrected chi connectivity index (χ1v) is 10.8. The average Bonchev–Trinajstić information content (AvgIpc) is 2.70. The standard InChI is InChI=1S/C20H30N2O9S/c1-11(23)27-10-15-16(28-12(2)24)17(29-13(3)25)18(30-14(4)26)19(31-15)21-20(32)22-8-6-5-7-9-22/h15-19H,5-10H2,1-4H3,(H,21,32)/t15-,16-,17+,18-,19-/m1/s1.